The number of methoxy groups -OCH3 is 1. The van der Waals surface area contributed by atoms with Crippen LogP contribution in [0.1, 0.15) is 21.5 Å². The molecule has 0 aliphatic heterocycles. The van der Waals surface area contributed by atoms with E-state index in [1.807, 2.05) is 26.0 Å². The van der Waals surface area contributed by atoms with Crippen LogP contribution in [0, 0.1) is 13.8 Å². The van der Waals surface area contributed by atoms with Gasteiger partial charge < -0.3 is 14.8 Å². The van der Waals surface area contributed by atoms with Crippen molar-refractivity contribution in [3.8, 4) is 5.75 Å². The second-order valence-electron chi connectivity index (χ2n) is 5.28. The Morgan fingerprint density at radius 3 is 2.21 bits per heavy atom. The van der Waals surface area contributed by atoms with E-state index in [9.17, 15) is 9.59 Å². The molecule has 5 nitrogen and oxygen atoms in total. The first-order chi connectivity index (χ1) is 11.4. The summed E-state index contributed by atoms with van der Waals surface area (Å²) in [5.41, 5.74) is 3.10. The minimum atomic E-state index is -0.419. The summed E-state index contributed by atoms with van der Waals surface area (Å²) in [7, 11) is 1.32. The number of anilines is 1. The Balaban J connectivity index is 1.93. The molecule has 0 saturated heterocycles. The first-order valence-electron chi connectivity index (χ1n) is 7.28. The average Bonchev–Trinajstić information content (AvgIpc) is 2.57. The molecule has 2 aromatic rings. The Hall–Kier alpha value is -2.34. The molecular weight excluding hydrogens is 374 g/mol. The van der Waals surface area contributed by atoms with E-state index in [1.165, 1.54) is 7.11 Å². The second-order valence-corrected chi connectivity index (χ2v) is 6.07. The molecule has 0 heterocycles. The first kappa shape index (κ1) is 18.0. The Morgan fingerprint density at radius 1 is 1.08 bits per heavy atom. The predicted molar refractivity (Wildman–Crippen MR) is 95.5 cm³/mol. The normalized spacial score (nSPS) is 10.2. The van der Waals surface area contributed by atoms with Gasteiger partial charge in [-0.05, 0) is 61.4 Å². The number of carbonyl (C=O) groups excluding carboxylic acids is 2. The first-order valence-corrected chi connectivity index (χ1v) is 8.08. The number of halogens is 1. The highest BCUT2D eigenvalue weighted by Crippen LogP contribution is 2.26. The van der Waals surface area contributed by atoms with E-state index in [1.54, 1.807) is 24.3 Å². The Bertz CT molecular complexity index is 733. The number of hydrogen-bond donors (Lipinski definition) is 1. The summed E-state index contributed by atoms with van der Waals surface area (Å²) >= 11 is 3.49. The molecule has 0 aliphatic rings. The zero-order valence-electron chi connectivity index (χ0n) is 13.7. The summed E-state index contributed by atoms with van der Waals surface area (Å²) in [4.78, 5) is 23.3. The molecule has 0 spiro atoms. The molecule has 0 aliphatic carbocycles. The molecule has 0 unspecified atom stereocenters. The van der Waals surface area contributed by atoms with Crippen LogP contribution in [0.15, 0.2) is 40.9 Å². The molecule has 24 heavy (non-hydrogen) atoms. The third kappa shape index (κ3) is 4.58. The van der Waals surface area contributed by atoms with Crippen LogP contribution in [0.2, 0.25) is 0 Å². The van der Waals surface area contributed by atoms with Gasteiger partial charge in [-0.25, -0.2) is 4.79 Å². The Kier molecular flexibility index (Phi) is 5.98. The largest absolute Gasteiger partial charge is 0.484 e. The minimum absolute atomic E-state index is 0.0980. The van der Waals surface area contributed by atoms with Crippen molar-refractivity contribution in [1.29, 1.82) is 0 Å². The number of ether oxygens (including phenoxy) is 2. The van der Waals surface area contributed by atoms with Crippen molar-refractivity contribution < 1.29 is 19.1 Å². The number of esters is 1. The predicted octanol–water partition coefficient (Wildman–Crippen LogP) is 3.87. The maximum atomic E-state index is 12.0. The van der Waals surface area contributed by atoms with Crippen LogP contribution < -0.4 is 10.1 Å². The number of hydrogen-bond acceptors (Lipinski definition) is 4. The molecule has 6 heteroatoms. The van der Waals surface area contributed by atoms with E-state index in [2.05, 4.69) is 26.0 Å². The van der Waals surface area contributed by atoms with Crippen LogP contribution in [0.4, 0.5) is 5.69 Å². The average molecular weight is 392 g/mol. The molecule has 2 aromatic carbocycles. The van der Waals surface area contributed by atoms with E-state index in [0.29, 0.717) is 17.0 Å². The number of carbonyl (C=O) groups is 2. The van der Waals surface area contributed by atoms with Gasteiger partial charge in [-0.1, -0.05) is 15.9 Å². The molecule has 2 rings (SSSR count). The number of aryl methyl sites for hydroxylation is 2. The SMILES string of the molecule is COC(=O)c1ccc(NC(=O)COc2cc(C)c(Br)c(C)c2)cc1. The maximum absolute atomic E-state index is 12.0. The van der Waals surface area contributed by atoms with Crippen molar-refractivity contribution in [3.05, 3.63) is 57.6 Å². The number of rotatable bonds is 5. The van der Waals surface area contributed by atoms with Gasteiger partial charge in [0.15, 0.2) is 6.61 Å². The molecule has 0 bridgehead atoms. The molecule has 1 N–H and O–H groups in total. The maximum Gasteiger partial charge on any atom is 0.337 e. The van der Waals surface area contributed by atoms with E-state index in [0.717, 1.165) is 15.6 Å². The monoisotopic (exact) mass is 391 g/mol. The topological polar surface area (TPSA) is 64.6 Å². The second kappa shape index (κ2) is 7.97. The minimum Gasteiger partial charge on any atom is -0.484 e. The van der Waals surface area contributed by atoms with Gasteiger partial charge in [-0.15, -0.1) is 0 Å². The highest BCUT2D eigenvalue weighted by Gasteiger charge is 2.08. The number of amides is 1. The molecule has 0 fully saturated rings. The number of benzene rings is 2. The third-order valence-electron chi connectivity index (χ3n) is 3.37. The molecular formula is C18H18BrNO4. The summed E-state index contributed by atoms with van der Waals surface area (Å²) in [5.74, 6) is -0.0550. The van der Waals surface area contributed by atoms with Crippen molar-refractivity contribution in [3.63, 3.8) is 0 Å². The van der Waals surface area contributed by atoms with E-state index >= 15 is 0 Å². The van der Waals surface area contributed by atoms with Crippen molar-refractivity contribution in [1.82, 2.24) is 0 Å². The molecule has 0 aromatic heterocycles. The van der Waals surface area contributed by atoms with E-state index in [4.69, 9.17) is 4.74 Å². The van der Waals surface area contributed by atoms with Crippen LogP contribution >= 0.6 is 15.9 Å². The summed E-state index contributed by atoms with van der Waals surface area (Å²) in [6, 6.07) is 10.2. The molecule has 1 amide bonds. The smallest absolute Gasteiger partial charge is 0.337 e. The van der Waals surface area contributed by atoms with Gasteiger partial charge in [-0.3, -0.25) is 4.79 Å². The zero-order valence-corrected chi connectivity index (χ0v) is 15.3. The summed E-state index contributed by atoms with van der Waals surface area (Å²) in [5, 5.41) is 2.71. The fraction of sp³-hybridized carbons (Fsp3) is 0.222. The lowest BCUT2D eigenvalue weighted by atomic mass is 10.1. The van der Waals surface area contributed by atoms with Gasteiger partial charge in [0.1, 0.15) is 5.75 Å². The summed E-state index contributed by atoms with van der Waals surface area (Å²) in [6.07, 6.45) is 0. The van der Waals surface area contributed by atoms with Gasteiger partial charge in [0, 0.05) is 10.2 Å². The van der Waals surface area contributed by atoms with Crippen LogP contribution in [0.3, 0.4) is 0 Å². The van der Waals surface area contributed by atoms with Gasteiger partial charge in [0.2, 0.25) is 0 Å². The fourth-order valence-electron chi connectivity index (χ4n) is 2.14. The van der Waals surface area contributed by atoms with Gasteiger partial charge in [0.05, 0.1) is 12.7 Å². The lowest BCUT2D eigenvalue weighted by Gasteiger charge is -2.10. The molecule has 0 radical (unpaired) electrons. The van der Waals surface area contributed by atoms with Gasteiger partial charge in [-0.2, -0.15) is 0 Å². The lowest BCUT2D eigenvalue weighted by Crippen LogP contribution is -2.20. The van der Waals surface area contributed by atoms with Crippen LogP contribution in [-0.2, 0) is 9.53 Å². The van der Waals surface area contributed by atoms with Gasteiger partial charge >= 0.3 is 5.97 Å². The molecule has 0 atom stereocenters. The van der Waals surface area contributed by atoms with Crippen molar-refractivity contribution in [2.75, 3.05) is 19.0 Å². The highest BCUT2D eigenvalue weighted by atomic mass is 79.9. The highest BCUT2D eigenvalue weighted by molar-refractivity contribution is 9.10. The van der Waals surface area contributed by atoms with Crippen LogP contribution in [0.5, 0.6) is 5.75 Å². The molecule has 0 saturated carbocycles. The van der Waals surface area contributed by atoms with E-state index < -0.39 is 5.97 Å². The van der Waals surface area contributed by atoms with Crippen molar-refractivity contribution in [2.24, 2.45) is 0 Å². The summed E-state index contributed by atoms with van der Waals surface area (Å²) in [6.45, 7) is 3.83. The number of nitrogens with one attached hydrogen (secondary N) is 1. The van der Waals surface area contributed by atoms with Crippen molar-refractivity contribution >= 4 is 33.5 Å². The quantitative estimate of drug-likeness (QED) is 0.785. The molecule has 126 valence electrons. The van der Waals surface area contributed by atoms with Crippen LogP contribution in [0.25, 0.3) is 0 Å². The third-order valence-corrected chi connectivity index (χ3v) is 4.62. The summed E-state index contributed by atoms with van der Waals surface area (Å²) < 4.78 is 11.2. The Labute approximate surface area is 149 Å². The Morgan fingerprint density at radius 2 is 1.67 bits per heavy atom. The standard InChI is InChI=1S/C18H18BrNO4/c1-11-8-15(9-12(2)17(11)19)24-10-16(21)20-14-6-4-13(5-7-14)18(22)23-3/h4-9H,10H2,1-3H3,(H,20,21). The van der Waals surface area contributed by atoms with E-state index in [-0.39, 0.29) is 12.5 Å². The zero-order chi connectivity index (χ0) is 17.7. The lowest BCUT2D eigenvalue weighted by molar-refractivity contribution is -0.118. The fourth-order valence-corrected chi connectivity index (χ4v) is 2.37. The van der Waals surface area contributed by atoms with Gasteiger partial charge in [0.25, 0.3) is 5.91 Å². The van der Waals surface area contributed by atoms with Crippen LogP contribution in [-0.4, -0.2) is 25.6 Å². The van der Waals surface area contributed by atoms with Crippen molar-refractivity contribution in [2.45, 2.75) is 13.8 Å².